The van der Waals surface area contributed by atoms with Crippen LogP contribution in [-0.2, 0) is 4.79 Å². The molecule has 0 saturated heterocycles. The third kappa shape index (κ3) is 2.53. The summed E-state index contributed by atoms with van der Waals surface area (Å²) in [6.07, 6.45) is 0. The number of hydrogen-bond acceptors (Lipinski definition) is 2. The lowest BCUT2D eigenvalue weighted by Gasteiger charge is -2.25. The predicted molar refractivity (Wildman–Crippen MR) is 56.1 cm³/mol. The zero-order valence-electron chi connectivity index (χ0n) is 8.99. The molecule has 1 N–H and O–H groups in total. The van der Waals surface area contributed by atoms with Gasteiger partial charge < -0.3 is 10.0 Å². The molecule has 1 rings (SSSR count). The third-order valence-electron chi connectivity index (χ3n) is 2.04. The number of anilines is 1. The molecule has 0 aromatic heterocycles. The van der Waals surface area contributed by atoms with Crippen molar-refractivity contribution in [3.05, 3.63) is 30.1 Å². The molecule has 15 heavy (non-hydrogen) atoms. The summed E-state index contributed by atoms with van der Waals surface area (Å²) in [7, 11) is 1.43. The first-order valence-electron chi connectivity index (χ1n) is 4.59. The van der Waals surface area contributed by atoms with E-state index in [-0.39, 0.29) is 5.69 Å². The number of benzene rings is 1. The topological polar surface area (TPSA) is 40.5 Å². The molecule has 0 aliphatic carbocycles. The Morgan fingerprint density at radius 3 is 2.40 bits per heavy atom. The summed E-state index contributed by atoms with van der Waals surface area (Å²) in [6.45, 7) is 2.74. The second-order valence-corrected chi connectivity index (χ2v) is 3.87. The van der Waals surface area contributed by atoms with Crippen LogP contribution < -0.4 is 4.90 Å². The molecule has 0 aliphatic rings. The first kappa shape index (κ1) is 11.7. The van der Waals surface area contributed by atoms with Crippen LogP contribution in [0.3, 0.4) is 0 Å². The monoisotopic (exact) mass is 211 g/mol. The normalized spacial score (nSPS) is 11.3. The first-order valence-corrected chi connectivity index (χ1v) is 4.59. The van der Waals surface area contributed by atoms with Crippen molar-refractivity contribution < 1.29 is 14.3 Å². The Hall–Kier alpha value is -1.42. The molecule has 82 valence electrons. The molecule has 0 heterocycles. The summed E-state index contributed by atoms with van der Waals surface area (Å²) in [6, 6.07) is 5.93. The van der Waals surface area contributed by atoms with E-state index in [9.17, 15) is 14.3 Å². The van der Waals surface area contributed by atoms with Crippen LogP contribution in [0, 0.1) is 5.82 Å². The Labute approximate surface area is 88.1 Å². The van der Waals surface area contributed by atoms with Crippen molar-refractivity contribution in [1.82, 2.24) is 0 Å². The first-order chi connectivity index (χ1) is 6.84. The van der Waals surface area contributed by atoms with Crippen LogP contribution in [0.5, 0.6) is 0 Å². The van der Waals surface area contributed by atoms with Crippen molar-refractivity contribution in [3.63, 3.8) is 0 Å². The summed E-state index contributed by atoms with van der Waals surface area (Å²) >= 11 is 0. The minimum Gasteiger partial charge on any atom is -0.381 e. The second-order valence-electron chi connectivity index (χ2n) is 3.87. The minimum atomic E-state index is -1.50. The molecule has 3 nitrogen and oxygen atoms in total. The highest BCUT2D eigenvalue weighted by Crippen LogP contribution is 2.19. The highest BCUT2D eigenvalue weighted by Gasteiger charge is 2.28. The Morgan fingerprint density at radius 2 is 1.93 bits per heavy atom. The van der Waals surface area contributed by atoms with Gasteiger partial charge in [-0.3, -0.25) is 4.79 Å². The van der Waals surface area contributed by atoms with Crippen molar-refractivity contribution in [2.45, 2.75) is 19.4 Å². The molecule has 0 aliphatic heterocycles. The van der Waals surface area contributed by atoms with Gasteiger partial charge in [0.05, 0.1) is 5.69 Å². The van der Waals surface area contributed by atoms with E-state index in [2.05, 4.69) is 0 Å². The molecule has 0 radical (unpaired) electrons. The van der Waals surface area contributed by atoms with Crippen molar-refractivity contribution >= 4 is 11.6 Å². The van der Waals surface area contributed by atoms with Crippen LogP contribution in [0.15, 0.2) is 24.3 Å². The summed E-state index contributed by atoms with van der Waals surface area (Å²) in [5.41, 5.74) is -1.35. The van der Waals surface area contributed by atoms with Crippen LogP contribution in [0.1, 0.15) is 13.8 Å². The molecule has 0 bridgehead atoms. The fraction of sp³-hybridized carbons (Fsp3) is 0.364. The number of para-hydroxylation sites is 1. The van der Waals surface area contributed by atoms with E-state index < -0.39 is 17.3 Å². The number of amides is 1. The maximum Gasteiger partial charge on any atom is 0.258 e. The fourth-order valence-electron chi connectivity index (χ4n) is 1.24. The number of rotatable bonds is 2. The van der Waals surface area contributed by atoms with Crippen LogP contribution in [0.2, 0.25) is 0 Å². The van der Waals surface area contributed by atoms with Crippen LogP contribution in [-0.4, -0.2) is 23.7 Å². The van der Waals surface area contributed by atoms with Gasteiger partial charge in [-0.25, -0.2) is 4.39 Å². The number of likely N-dealkylation sites (N-methyl/N-ethyl adjacent to an activating group) is 1. The molecule has 1 aromatic carbocycles. The van der Waals surface area contributed by atoms with Gasteiger partial charge in [-0.05, 0) is 26.0 Å². The Kier molecular flexibility index (Phi) is 3.09. The molecule has 4 heteroatoms. The van der Waals surface area contributed by atoms with E-state index in [4.69, 9.17) is 0 Å². The van der Waals surface area contributed by atoms with Crippen molar-refractivity contribution in [2.24, 2.45) is 0 Å². The Bertz CT molecular complexity index is 371. The van der Waals surface area contributed by atoms with Gasteiger partial charge in [-0.2, -0.15) is 0 Å². The Balaban J connectivity index is 3.01. The summed E-state index contributed by atoms with van der Waals surface area (Å²) < 4.78 is 13.3. The molecule has 0 unspecified atom stereocenters. The van der Waals surface area contributed by atoms with Crippen LogP contribution >= 0.6 is 0 Å². The molecule has 0 saturated carbocycles. The highest BCUT2D eigenvalue weighted by molar-refractivity contribution is 5.98. The maximum absolute atomic E-state index is 13.3. The zero-order valence-corrected chi connectivity index (χ0v) is 8.99. The summed E-state index contributed by atoms with van der Waals surface area (Å²) in [4.78, 5) is 12.7. The number of halogens is 1. The van der Waals surface area contributed by atoms with E-state index in [0.29, 0.717) is 0 Å². The smallest absolute Gasteiger partial charge is 0.258 e. The molecule has 0 fully saturated rings. The largest absolute Gasteiger partial charge is 0.381 e. The summed E-state index contributed by atoms with van der Waals surface area (Å²) in [5.74, 6) is -1.04. The lowest BCUT2D eigenvalue weighted by atomic mass is 10.1. The van der Waals surface area contributed by atoms with Crippen molar-refractivity contribution in [2.75, 3.05) is 11.9 Å². The molecular formula is C11H14FNO2. The van der Waals surface area contributed by atoms with E-state index in [1.54, 1.807) is 12.1 Å². The molecule has 0 atom stereocenters. The molecular weight excluding hydrogens is 197 g/mol. The second kappa shape index (κ2) is 3.98. The van der Waals surface area contributed by atoms with Gasteiger partial charge in [0.25, 0.3) is 5.91 Å². The number of hydrogen-bond donors (Lipinski definition) is 1. The van der Waals surface area contributed by atoms with Crippen LogP contribution in [0.4, 0.5) is 10.1 Å². The number of nitrogens with zero attached hydrogens (tertiary/aromatic N) is 1. The lowest BCUT2D eigenvalue weighted by molar-refractivity contribution is -0.133. The average molecular weight is 211 g/mol. The zero-order chi connectivity index (χ0) is 11.6. The SMILES string of the molecule is CN(C(=O)C(C)(C)O)c1ccccc1F. The van der Waals surface area contributed by atoms with Crippen molar-refractivity contribution in [1.29, 1.82) is 0 Å². The molecule has 1 aromatic rings. The molecule has 1 amide bonds. The van der Waals surface area contributed by atoms with Gasteiger partial charge in [0.15, 0.2) is 0 Å². The van der Waals surface area contributed by atoms with Gasteiger partial charge in [-0.15, -0.1) is 0 Å². The summed E-state index contributed by atoms with van der Waals surface area (Å²) in [5, 5.41) is 9.50. The van der Waals surface area contributed by atoms with E-state index in [0.717, 1.165) is 4.90 Å². The number of carbonyl (C=O) groups excluding carboxylic acids is 1. The minimum absolute atomic E-state index is 0.157. The standard InChI is InChI=1S/C11H14FNO2/c1-11(2,15)10(14)13(3)9-7-5-4-6-8(9)12/h4-7,15H,1-3H3. The average Bonchev–Trinajstić information content (AvgIpc) is 2.15. The Morgan fingerprint density at radius 1 is 1.40 bits per heavy atom. The van der Waals surface area contributed by atoms with Gasteiger partial charge in [-0.1, -0.05) is 12.1 Å². The van der Waals surface area contributed by atoms with Gasteiger partial charge >= 0.3 is 0 Å². The fourth-order valence-corrected chi connectivity index (χ4v) is 1.24. The predicted octanol–water partition coefficient (Wildman–Crippen LogP) is 1.56. The van der Waals surface area contributed by atoms with Crippen LogP contribution in [0.25, 0.3) is 0 Å². The lowest BCUT2D eigenvalue weighted by Crippen LogP contribution is -2.43. The van der Waals surface area contributed by atoms with Gasteiger partial charge in [0, 0.05) is 7.05 Å². The van der Waals surface area contributed by atoms with E-state index in [1.165, 1.54) is 33.0 Å². The maximum atomic E-state index is 13.3. The van der Waals surface area contributed by atoms with Gasteiger partial charge in [0.1, 0.15) is 11.4 Å². The van der Waals surface area contributed by atoms with Gasteiger partial charge in [0.2, 0.25) is 0 Å². The number of aliphatic hydroxyl groups is 1. The third-order valence-corrected chi connectivity index (χ3v) is 2.04. The van der Waals surface area contributed by atoms with E-state index >= 15 is 0 Å². The highest BCUT2D eigenvalue weighted by atomic mass is 19.1. The quantitative estimate of drug-likeness (QED) is 0.806. The van der Waals surface area contributed by atoms with E-state index in [1.807, 2.05) is 0 Å². The van der Waals surface area contributed by atoms with Crippen molar-refractivity contribution in [3.8, 4) is 0 Å². The number of carbonyl (C=O) groups is 1. The molecule has 0 spiro atoms.